The molecule has 2 rings (SSSR count). The number of carbonyl (C=O) groups is 1. The van der Waals surface area contributed by atoms with Gasteiger partial charge in [-0.05, 0) is 36.8 Å². The van der Waals surface area contributed by atoms with Crippen LogP contribution < -0.4 is 5.32 Å². The molecule has 0 aliphatic carbocycles. The highest BCUT2D eigenvalue weighted by Gasteiger charge is 2.32. The van der Waals surface area contributed by atoms with Crippen LogP contribution in [0.4, 0.5) is 18.9 Å². The van der Waals surface area contributed by atoms with E-state index in [0.717, 1.165) is 29.6 Å². The zero-order valence-corrected chi connectivity index (χ0v) is 13.4. The van der Waals surface area contributed by atoms with Crippen LogP contribution in [-0.2, 0) is 11.0 Å². The minimum Gasteiger partial charge on any atom is -0.325 e. The predicted molar refractivity (Wildman–Crippen MR) is 82.6 cm³/mol. The molecular formula is C14H11ClF3N3OS. The molecule has 0 fully saturated rings. The Kier molecular flexibility index (Phi) is 5.48. The van der Waals surface area contributed by atoms with E-state index in [0.29, 0.717) is 10.7 Å². The van der Waals surface area contributed by atoms with Crippen molar-refractivity contribution < 1.29 is 18.0 Å². The highest BCUT2D eigenvalue weighted by Crippen LogP contribution is 2.28. The van der Waals surface area contributed by atoms with E-state index in [1.54, 1.807) is 25.1 Å². The van der Waals surface area contributed by atoms with Crippen molar-refractivity contribution in [1.82, 2.24) is 9.97 Å². The maximum Gasteiger partial charge on any atom is 0.433 e. The van der Waals surface area contributed by atoms with Crippen LogP contribution >= 0.6 is 23.4 Å². The molecule has 0 atom stereocenters. The minimum absolute atomic E-state index is 0.108. The van der Waals surface area contributed by atoms with Gasteiger partial charge in [0.1, 0.15) is 5.69 Å². The Balaban J connectivity index is 1.97. The number of rotatable bonds is 4. The molecule has 4 nitrogen and oxygen atoms in total. The van der Waals surface area contributed by atoms with Gasteiger partial charge in [0.2, 0.25) is 5.91 Å². The first-order valence-corrected chi connectivity index (χ1v) is 7.71. The first-order chi connectivity index (χ1) is 10.8. The zero-order chi connectivity index (χ0) is 17.0. The van der Waals surface area contributed by atoms with Gasteiger partial charge < -0.3 is 5.32 Å². The second kappa shape index (κ2) is 7.18. The third kappa shape index (κ3) is 5.11. The molecule has 1 amide bonds. The van der Waals surface area contributed by atoms with E-state index in [1.807, 2.05) is 0 Å². The van der Waals surface area contributed by atoms with E-state index in [1.165, 1.54) is 0 Å². The maximum atomic E-state index is 12.5. The summed E-state index contributed by atoms with van der Waals surface area (Å²) >= 11 is 6.65. The largest absolute Gasteiger partial charge is 0.433 e. The summed E-state index contributed by atoms with van der Waals surface area (Å²) in [7, 11) is 0. The van der Waals surface area contributed by atoms with Gasteiger partial charge in [0, 0.05) is 16.9 Å². The molecule has 9 heteroatoms. The van der Waals surface area contributed by atoms with Crippen molar-refractivity contribution in [3.63, 3.8) is 0 Å². The number of thioether (sulfide) groups is 1. The smallest absolute Gasteiger partial charge is 0.325 e. The van der Waals surface area contributed by atoms with E-state index in [9.17, 15) is 18.0 Å². The fourth-order valence-electron chi connectivity index (χ4n) is 1.65. The Hall–Kier alpha value is -1.80. The molecule has 0 spiro atoms. The van der Waals surface area contributed by atoms with Crippen LogP contribution in [0.25, 0.3) is 0 Å². The molecule has 0 unspecified atom stereocenters. The first kappa shape index (κ1) is 17.6. The number of nitrogens with zero attached hydrogens (tertiary/aromatic N) is 2. The monoisotopic (exact) mass is 361 g/mol. The van der Waals surface area contributed by atoms with Crippen molar-refractivity contribution in [2.45, 2.75) is 18.3 Å². The van der Waals surface area contributed by atoms with Gasteiger partial charge in [-0.1, -0.05) is 23.4 Å². The third-order valence-corrected chi connectivity index (χ3v) is 3.82. The summed E-state index contributed by atoms with van der Waals surface area (Å²) in [6.45, 7) is 1.78. The normalized spacial score (nSPS) is 11.3. The second-order valence-corrected chi connectivity index (χ2v) is 5.90. The van der Waals surface area contributed by atoms with Gasteiger partial charge in [0.15, 0.2) is 5.16 Å². The van der Waals surface area contributed by atoms with Crippen LogP contribution in [0.5, 0.6) is 0 Å². The van der Waals surface area contributed by atoms with E-state index < -0.39 is 11.9 Å². The Morgan fingerprint density at radius 3 is 2.74 bits per heavy atom. The summed E-state index contributed by atoms with van der Waals surface area (Å²) in [4.78, 5) is 19.0. The van der Waals surface area contributed by atoms with Crippen molar-refractivity contribution in [2.75, 3.05) is 11.1 Å². The second-order valence-electron chi connectivity index (χ2n) is 4.52. The fourth-order valence-corrected chi connectivity index (χ4v) is 2.51. The van der Waals surface area contributed by atoms with Crippen molar-refractivity contribution >= 4 is 35.0 Å². The number of aromatic nitrogens is 2. The van der Waals surface area contributed by atoms with Crippen LogP contribution in [0.3, 0.4) is 0 Å². The van der Waals surface area contributed by atoms with Crippen molar-refractivity contribution in [3.05, 3.63) is 46.7 Å². The molecule has 23 heavy (non-hydrogen) atoms. The summed E-state index contributed by atoms with van der Waals surface area (Å²) < 4.78 is 37.6. The molecular weight excluding hydrogens is 351 g/mol. The summed E-state index contributed by atoms with van der Waals surface area (Å²) in [5.41, 5.74) is 0.333. The summed E-state index contributed by atoms with van der Waals surface area (Å²) in [6.07, 6.45) is -3.53. The standard InChI is InChI=1S/C14H11ClF3N3OS/c1-8-6-9(15)2-3-10(8)20-12(22)7-23-13-19-5-4-11(21-13)14(16,17)18/h2-6H,7H2,1H3,(H,20,22). The average Bonchev–Trinajstić information content (AvgIpc) is 2.47. The van der Waals surface area contributed by atoms with Crippen LogP contribution in [0.15, 0.2) is 35.6 Å². The number of halogens is 4. The lowest BCUT2D eigenvalue weighted by molar-refractivity contribution is -0.141. The lowest BCUT2D eigenvalue weighted by atomic mass is 10.2. The third-order valence-electron chi connectivity index (χ3n) is 2.72. The molecule has 0 aliphatic heterocycles. The lowest BCUT2D eigenvalue weighted by Crippen LogP contribution is -2.15. The van der Waals surface area contributed by atoms with Crippen LogP contribution in [0.1, 0.15) is 11.3 Å². The Bertz CT molecular complexity index is 725. The molecule has 1 heterocycles. The van der Waals surface area contributed by atoms with Gasteiger partial charge in [-0.15, -0.1) is 0 Å². The lowest BCUT2D eigenvalue weighted by Gasteiger charge is -2.09. The molecule has 0 saturated heterocycles. The van der Waals surface area contributed by atoms with E-state index in [2.05, 4.69) is 15.3 Å². The Morgan fingerprint density at radius 1 is 1.35 bits per heavy atom. The molecule has 1 aromatic carbocycles. The fraction of sp³-hybridized carbons (Fsp3) is 0.214. The van der Waals surface area contributed by atoms with E-state index in [-0.39, 0.29) is 16.8 Å². The van der Waals surface area contributed by atoms with Gasteiger partial charge in [-0.2, -0.15) is 13.2 Å². The molecule has 1 N–H and O–H groups in total. The van der Waals surface area contributed by atoms with E-state index >= 15 is 0 Å². The van der Waals surface area contributed by atoms with E-state index in [4.69, 9.17) is 11.6 Å². The molecule has 0 saturated carbocycles. The summed E-state index contributed by atoms with van der Waals surface area (Å²) in [5.74, 6) is -0.481. The molecule has 1 aromatic heterocycles. The number of aryl methyl sites for hydroxylation is 1. The van der Waals surface area contributed by atoms with Crippen molar-refractivity contribution in [1.29, 1.82) is 0 Å². The Labute approximate surface area is 139 Å². The maximum absolute atomic E-state index is 12.5. The number of nitrogens with one attached hydrogen (secondary N) is 1. The summed E-state index contributed by atoms with van der Waals surface area (Å²) in [5, 5.41) is 3.10. The van der Waals surface area contributed by atoms with Crippen LogP contribution in [0, 0.1) is 6.92 Å². The first-order valence-electron chi connectivity index (χ1n) is 6.35. The number of amides is 1. The zero-order valence-electron chi connectivity index (χ0n) is 11.8. The van der Waals surface area contributed by atoms with Gasteiger partial charge in [-0.25, -0.2) is 9.97 Å². The predicted octanol–water partition coefficient (Wildman–Crippen LogP) is 4.19. The van der Waals surface area contributed by atoms with Crippen LogP contribution in [-0.4, -0.2) is 21.6 Å². The molecule has 0 bridgehead atoms. The Morgan fingerprint density at radius 2 is 2.09 bits per heavy atom. The number of benzene rings is 1. The number of anilines is 1. The summed E-state index contributed by atoms with van der Waals surface area (Å²) in [6, 6.07) is 5.76. The van der Waals surface area contributed by atoms with Gasteiger partial charge in [0.05, 0.1) is 5.75 Å². The van der Waals surface area contributed by atoms with Crippen molar-refractivity contribution in [3.8, 4) is 0 Å². The average molecular weight is 362 g/mol. The molecule has 0 radical (unpaired) electrons. The minimum atomic E-state index is -4.54. The highest BCUT2D eigenvalue weighted by molar-refractivity contribution is 7.99. The quantitative estimate of drug-likeness (QED) is 0.655. The number of alkyl halides is 3. The SMILES string of the molecule is Cc1cc(Cl)ccc1NC(=O)CSc1nccc(C(F)(F)F)n1. The highest BCUT2D eigenvalue weighted by atomic mass is 35.5. The van der Waals surface area contributed by atoms with Crippen LogP contribution in [0.2, 0.25) is 5.02 Å². The van der Waals surface area contributed by atoms with Gasteiger partial charge >= 0.3 is 6.18 Å². The number of carbonyl (C=O) groups excluding carboxylic acids is 1. The number of hydrogen-bond donors (Lipinski definition) is 1. The topological polar surface area (TPSA) is 54.9 Å². The molecule has 122 valence electrons. The van der Waals surface area contributed by atoms with Gasteiger partial charge in [-0.3, -0.25) is 4.79 Å². The molecule has 0 aliphatic rings. The molecule has 2 aromatic rings. The van der Waals surface area contributed by atoms with Crippen molar-refractivity contribution in [2.24, 2.45) is 0 Å². The number of hydrogen-bond acceptors (Lipinski definition) is 4. The van der Waals surface area contributed by atoms with Gasteiger partial charge in [0.25, 0.3) is 0 Å².